The number of hydrogen-bond acceptors (Lipinski definition) is 5. The van der Waals surface area contributed by atoms with Crippen LogP contribution >= 0.6 is 0 Å². The molecule has 0 spiro atoms. The van der Waals surface area contributed by atoms with Gasteiger partial charge in [0.15, 0.2) is 0 Å². The first-order chi connectivity index (χ1) is 14.1. The molecule has 0 aromatic heterocycles. The van der Waals surface area contributed by atoms with Crippen molar-refractivity contribution in [2.45, 2.75) is 58.3 Å². The van der Waals surface area contributed by atoms with E-state index in [4.69, 9.17) is 9.47 Å². The molecule has 0 aromatic carbocycles. The number of allylic oxidation sites excluding steroid dienone is 1. The summed E-state index contributed by atoms with van der Waals surface area (Å²) in [7, 11) is 1.63. The molecule has 2 fully saturated rings. The third kappa shape index (κ3) is 4.20. The minimum absolute atomic E-state index is 0.0182. The number of ether oxygens (including phenoxy) is 2. The van der Waals surface area contributed by atoms with Gasteiger partial charge in [-0.25, -0.2) is 0 Å². The first-order valence-corrected chi connectivity index (χ1v) is 11.0. The highest BCUT2D eigenvalue weighted by Gasteiger charge is 2.62. The van der Waals surface area contributed by atoms with E-state index in [1.165, 1.54) is 0 Å². The minimum atomic E-state index is -1.02. The Morgan fingerprint density at radius 2 is 1.97 bits per heavy atom. The van der Waals surface area contributed by atoms with E-state index < -0.39 is 11.3 Å². The summed E-state index contributed by atoms with van der Waals surface area (Å²) in [6, 6.07) is 0. The summed E-state index contributed by atoms with van der Waals surface area (Å²) in [4.78, 5) is 43.3. The summed E-state index contributed by atoms with van der Waals surface area (Å²) in [5.41, 5.74) is -0.274. The lowest BCUT2D eigenvalue weighted by atomic mass is 9.68. The molecule has 2 saturated heterocycles. The van der Waals surface area contributed by atoms with Crippen molar-refractivity contribution in [3.05, 3.63) is 11.8 Å². The molecule has 2 amide bonds. The Labute approximate surface area is 173 Å². The fourth-order valence-electron chi connectivity index (χ4n) is 5.07. The Morgan fingerprint density at radius 3 is 2.66 bits per heavy atom. The molecule has 3 aliphatic rings. The van der Waals surface area contributed by atoms with Crippen molar-refractivity contribution in [3.63, 3.8) is 0 Å². The first-order valence-electron chi connectivity index (χ1n) is 11.0. The third-order valence-corrected chi connectivity index (χ3v) is 6.48. The summed E-state index contributed by atoms with van der Waals surface area (Å²) in [6.07, 6.45) is 8.12. The van der Waals surface area contributed by atoms with Crippen LogP contribution in [-0.4, -0.2) is 67.5 Å². The van der Waals surface area contributed by atoms with Gasteiger partial charge in [0.25, 0.3) is 0 Å². The second-order valence-electron chi connectivity index (χ2n) is 8.21. The maximum absolute atomic E-state index is 13.5. The van der Waals surface area contributed by atoms with Crippen LogP contribution in [0.25, 0.3) is 0 Å². The lowest BCUT2D eigenvalue weighted by molar-refractivity contribution is -0.158. The highest BCUT2D eigenvalue weighted by molar-refractivity contribution is 5.99. The molecule has 2 heterocycles. The predicted molar refractivity (Wildman–Crippen MR) is 108 cm³/mol. The Hall–Kier alpha value is -1.89. The molecule has 7 heteroatoms. The number of methoxy groups -OCH3 is 1. The molecule has 0 saturated carbocycles. The Morgan fingerprint density at radius 1 is 1.21 bits per heavy atom. The van der Waals surface area contributed by atoms with Gasteiger partial charge in [-0.15, -0.1) is 0 Å². The standard InChI is InChI=1S/C22H34N2O5/c1-3-29-21(27)22-11-6-5-10-18(22)24(14-9-15-28-2)20(26)17(22)16-19(25)23-12-7-4-8-13-23/h10,17H,3-9,11-16H2,1-2H3/t17-,22-/m0/s1. The molecule has 0 bridgehead atoms. The zero-order valence-electron chi connectivity index (χ0n) is 17.8. The molecule has 0 aromatic rings. The van der Waals surface area contributed by atoms with Crippen molar-refractivity contribution in [1.82, 2.24) is 9.80 Å². The maximum atomic E-state index is 13.5. The number of fused-ring (bicyclic) bond motifs is 1. The van der Waals surface area contributed by atoms with E-state index in [1.807, 2.05) is 11.0 Å². The van der Waals surface area contributed by atoms with Gasteiger partial charge < -0.3 is 19.3 Å². The van der Waals surface area contributed by atoms with Crippen molar-refractivity contribution < 1.29 is 23.9 Å². The molecule has 3 rings (SSSR count). The quantitative estimate of drug-likeness (QED) is 0.457. The van der Waals surface area contributed by atoms with Gasteiger partial charge in [0.1, 0.15) is 5.41 Å². The molecule has 162 valence electrons. The molecular weight excluding hydrogens is 372 g/mol. The van der Waals surface area contributed by atoms with Crippen LogP contribution in [0.2, 0.25) is 0 Å². The summed E-state index contributed by atoms with van der Waals surface area (Å²) < 4.78 is 10.6. The van der Waals surface area contributed by atoms with E-state index >= 15 is 0 Å². The molecule has 0 radical (unpaired) electrons. The Balaban J connectivity index is 1.90. The predicted octanol–water partition coefficient (Wildman–Crippen LogP) is 2.50. The van der Waals surface area contributed by atoms with E-state index in [0.717, 1.165) is 50.9 Å². The SMILES string of the molecule is CCOC(=O)[C@]12CCCC=C1N(CCCOC)C(=O)[C@@H]2CC(=O)N1CCCCC1. The third-order valence-electron chi connectivity index (χ3n) is 6.48. The van der Waals surface area contributed by atoms with Crippen LogP contribution in [0.4, 0.5) is 0 Å². The van der Waals surface area contributed by atoms with Gasteiger partial charge in [-0.3, -0.25) is 14.4 Å². The van der Waals surface area contributed by atoms with Gasteiger partial charge in [-0.05, 0) is 51.9 Å². The van der Waals surface area contributed by atoms with Gasteiger partial charge in [0.2, 0.25) is 11.8 Å². The average molecular weight is 407 g/mol. The number of piperidine rings is 1. The van der Waals surface area contributed by atoms with E-state index in [9.17, 15) is 14.4 Å². The topological polar surface area (TPSA) is 76.1 Å². The minimum Gasteiger partial charge on any atom is -0.465 e. The molecule has 29 heavy (non-hydrogen) atoms. The number of likely N-dealkylation sites (tertiary alicyclic amines) is 2. The highest BCUT2D eigenvalue weighted by Crippen LogP contribution is 2.53. The second kappa shape index (κ2) is 9.74. The van der Waals surface area contributed by atoms with Crippen LogP contribution < -0.4 is 0 Å². The van der Waals surface area contributed by atoms with E-state index in [0.29, 0.717) is 26.0 Å². The van der Waals surface area contributed by atoms with Crippen LogP contribution in [0.3, 0.4) is 0 Å². The van der Waals surface area contributed by atoms with Gasteiger partial charge in [-0.1, -0.05) is 6.08 Å². The largest absolute Gasteiger partial charge is 0.465 e. The van der Waals surface area contributed by atoms with E-state index in [2.05, 4.69) is 0 Å². The fraction of sp³-hybridized carbons (Fsp3) is 0.773. The Bertz CT molecular complexity index is 656. The van der Waals surface area contributed by atoms with Gasteiger partial charge in [0.05, 0.1) is 12.5 Å². The van der Waals surface area contributed by atoms with Crippen LogP contribution in [0.5, 0.6) is 0 Å². The smallest absolute Gasteiger partial charge is 0.318 e. The van der Waals surface area contributed by atoms with Gasteiger partial charge in [0, 0.05) is 45.5 Å². The van der Waals surface area contributed by atoms with Crippen molar-refractivity contribution in [2.24, 2.45) is 11.3 Å². The molecule has 7 nitrogen and oxygen atoms in total. The molecule has 0 unspecified atom stereocenters. The lowest BCUT2D eigenvalue weighted by Crippen LogP contribution is -2.44. The fourth-order valence-corrected chi connectivity index (χ4v) is 5.07. The molecule has 2 aliphatic heterocycles. The molecular formula is C22H34N2O5. The number of hydrogen-bond donors (Lipinski definition) is 0. The van der Waals surface area contributed by atoms with Crippen LogP contribution in [0.15, 0.2) is 11.8 Å². The van der Waals surface area contributed by atoms with Crippen molar-refractivity contribution in [2.75, 3.05) is 40.0 Å². The molecule has 2 atom stereocenters. The van der Waals surface area contributed by atoms with E-state index in [-0.39, 0.29) is 30.8 Å². The van der Waals surface area contributed by atoms with Gasteiger partial charge >= 0.3 is 5.97 Å². The Kier molecular flexibility index (Phi) is 7.33. The highest BCUT2D eigenvalue weighted by atomic mass is 16.5. The van der Waals surface area contributed by atoms with Crippen LogP contribution in [-0.2, 0) is 23.9 Å². The zero-order chi connectivity index (χ0) is 20.9. The lowest BCUT2D eigenvalue weighted by Gasteiger charge is -2.36. The average Bonchev–Trinajstić information content (AvgIpc) is 2.98. The normalized spacial score (nSPS) is 26.9. The number of esters is 1. The first kappa shape index (κ1) is 21.8. The number of amides is 2. The van der Waals surface area contributed by atoms with Crippen LogP contribution in [0.1, 0.15) is 58.3 Å². The summed E-state index contributed by atoms with van der Waals surface area (Å²) >= 11 is 0. The number of carbonyl (C=O) groups is 3. The van der Waals surface area contributed by atoms with Crippen molar-refractivity contribution >= 4 is 17.8 Å². The van der Waals surface area contributed by atoms with Crippen molar-refractivity contribution in [3.8, 4) is 0 Å². The summed E-state index contributed by atoms with van der Waals surface area (Å²) in [6.45, 7) is 4.56. The number of rotatable bonds is 8. The second-order valence-corrected chi connectivity index (χ2v) is 8.21. The molecule has 0 N–H and O–H groups in total. The summed E-state index contributed by atoms with van der Waals surface area (Å²) in [5.74, 6) is -1.17. The van der Waals surface area contributed by atoms with Gasteiger partial charge in [-0.2, -0.15) is 0 Å². The maximum Gasteiger partial charge on any atom is 0.318 e. The molecule has 1 aliphatic carbocycles. The number of carbonyl (C=O) groups excluding carboxylic acids is 3. The van der Waals surface area contributed by atoms with E-state index in [1.54, 1.807) is 18.9 Å². The zero-order valence-corrected chi connectivity index (χ0v) is 17.8. The van der Waals surface area contributed by atoms with Crippen molar-refractivity contribution in [1.29, 1.82) is 0 Å². The number of nitrogens with zero attached hydrogens (tertiary/aromatic N) is 2. The summed E-state index contributed by atoms with van der Waals surface area (Å²) in [5, 5.41) is 0. The monoisotopic (exact) mass is 406 g/mol. The van der Waals surface area contributed by atoms with Crippen LogP contribution in [0, 0.1) is 11.3 Å².